The number of rotatable bonds is 6. The Morgan fingerprint density at radius 1 is 0.828 bits per heavy atom. The summed E-state index contributed by atoms with van der Waals surface area (Å²) in [5.74, 6) is -3.65. The van der Waals surface area contributed by atoms with Crippen molar-refractivity contribution in [1.82, 2.24) is 0 Å². The van der Waals surface area contributed by atoms with Crippen molar-refractivity contribution < 1.29 is 31.1 Å². The molecule has 0 unspecified atom stereocenters. The topological polar surface area (TPSA) is 64.6 Å². The minimum atomic E-state index is -4.09. The number of nitrogens with one attached hydrogen (secondary N) is 1. The summed E-state index contributed by atoms with van der Waals surface area (Å²) in [5.41, 5.74) is -0.103. The number of benzene rings is 3. The Morgan fingerprint density at radius 2 is 1.38 bits per heavy atom. The standard InChI is InChI=1S/C20H16F3NO4S/c1-27-18-8-12(9-19(28-2)20(18)23)14-10-15(21)16(22)11-17(14)24-29(25,26)13-6-4-3-5-7-13/h3-11,24H,1-2H3. The molecule has 5 nitrogen and oxygen atoms in total. The highest BCUT2D eigenvalue weighted by Crippen LogP contribution is 2.38. The van der Waals surface area contributed by atoms with E-state index < -0.39 is 27.5 Å². The lowest BCUT2D eigenvalue weighted by atomic mass is 10.0. The predicted molar refractivity (Wildman–Crippen MR) is 102 cm³/mol. The van der Waals surface area contributed by atoms with Crippen LogP contribution >= 0.6 is 0 Å². The van der Waals surface area contributed by atoms with Gasteiger partial charge in [0.2, 0.25) is 5.82 Å². The molecule has 29 heavy (non-hydrogen) atoms. The average Bonchev–Trinajstić information content (AvgIpc) is 2.71. The first-order chi connectivity index (χ1) is 13.8. The number of hydrogen-bond acceptors (Lipinski definition) is 4. The van der Waals surface area contributed by atoms with Crippen LogP contribution in [0, 0.1) is 17.5 Å². The molecule has 0 aromatic heterocycles. The van der Waals surface area contributed by atoms with Crippen LogP contribution in [0.2, 0.25) is 0 Å². The van der Waals surface area contributed by atoms with Crippen LogP contribution in [-0.4, -0.2) is 22.6 Å². The van der Waals surface area contributed by atoms with Crippen LogP contribution in [0.4, 0.5) is 18.9 Å². The van der Waals surface area contributed by atoms with E-state index in [1.54, 1.807) is 6.07 Å². The minimum absolute atomic E-state index is 0.0278. The van der Waals surface area contributed by atoms with Crippen LogP contribution in [0.5, 0.6) is 11.5 Å². The van der Waals surface area contributed by atoms with Crippen LogP contribution in [-0.2, 0) is 10.0 Å². The van der Waals surface area contributed by atoms with E-state index in [0.29, 0.717) is 6.07 Å². The molecule has 3 aromatic rings. The fourth-order valence-corrected chi connectivity index (χ4v) is 3.79. The minimum Gasteiger partial charge on any atom is -0.494 e. The Bertz CT molecular complexity index is 1130. The first-order valence-corrected chi connectivity index (χ1v) is 9.74. The van der Waals surface area contributed by atoms with Crippen molar-refractivity contribution >= 4 is 15.7 Å². The smallest absolute Gasteiger partial charge is 0.261 e. The molecule has 3 rings (SSSR count). The molecule has 0 heterocycles. The SMILES string of the molecule is COc1cc(-c2cc(F)c(F)cc2NS(=O)(=O)c2ccccc2)cc(OC)c1F. The average molecular weight is 423 g/mol. The van der Waals surface area contributed by atoms with Crippen LogP contribution in [0.15, 0.2) is 59.5 Å². The van der Waals surface area contributed by atoms with Gasteiger partial charge in [-0.2, -0.15) is 4.39 Å². The van der Waals surface area contributed by atoms with Gasteiger partial charge in [-0.15, -0.1) is 0 Å². The fourth-order valence-electron chi connectivity index (χ4n) is 2.70. The lowest BCUT2D eigenvalue weighted by Gasteiger charge is -2.16. The van der Waals surface area contributed by atoms with Crippen LogP contribution in [0.25, 0.3) is 11.1 Å². The number of sulfonamides is 1. The molecular formula is C20H16F3NO4S. The molecule has 0 saturated heterocycles. The third kappa shape index (κ3) is 4.14. The maximum atomic E-state index is 14.2. The van der Waals surface area contributed by atoms with E-state index in [-0.39, 0.29) is 33.2 Å². The second kappa shape index (κ2) is 8.04. The first-order valence-electron chi connectivity index (χ1n) is 8.25. The summed E-state index contributed by atoms with van der Waals surface area (Å²) in [7, 11) is -1.63. The van der Waals surface area contributed by atoms with Crippen molar-refractivity contribution in [3.05, 3.63) is 72.0 Å². The third-order valence-corrected chi connectivity index (χ3v) is 5.50. The van der Waals surface area contributed by atoms with E-state index in [0.717, 1.165) is 6.07 Å². The summed E-state index contributed by atoms with van der Waals surface area (Å²) in [6.45, 7) is 0. The first kappa shape index (κ1) is 20.5. The van der Waals surface area contributed by atoms with Crippen molar-refractivity contribution in [3.8, 4) is 22.6 Å². The van der Waals surface area contributed by atoms with E-state index in [9.17, 15) is 21.6 Å². The zero-order valence-corrected chi connectivity index (χ0v) is 16.2. The lowest BCUT2D eigenvalue weighted by Crippen LogP contribution is -2.14. The molecule has 0 bridgehead atoms. The summed E-state index contributed by atoms with van der Waals surface area (Å²) in [5, 5.41) is 0. The van der Waals surface area contributed by atoms with Gasteiger partial charge < -0.3 is 9.47 Å². The predicted octanol–water partition coefficient (Wildman–Crippen LogP) is 4.59. The van der Waals surface area contributed by atoms with Crippen LogP contribution in [0.3, 0.4) is 0 Å². The molecule has 0 fully saturated rings. The number of anilines is 1. The van der Waals surface area contributed by atoms with E-state index in [4.69, 9.17) is 9.47 Å². The van der Waals surface area contributed by atoms with Gasteiger partial charge >= 0.3 is 0 Å². The second-order valence-corrected chi connectivity index (χ2v) is 7.61. The third-order valence-electron chi connectivity index (χ3n) is 4.11. The lowest BCUT2D eigenvalue weighted by molar-refractivity contribution is 0.351. The molecule has 0 atom stereocenters. The van der Waals surface area contributed by atoms with Gasteiger partial charge in [-0.25, -0.2) is 17.2 Å². The van der Waals surface area contributed by atoms with Gasteiger partial charge in [-0.1, -0.05) is 18.2 Å². The Balaban J connectivity index is 2.18. The molecular weight excluding hydrogens is 407 g/mol. The molecule has 9 heteroatoms. The monoisotopic (exact) mass is 423 g/mol. The van der Waals surface area contributed by atoms with Crippen molar-refractivity contribution in [2.75, 3.05) is 18.9 Å². The second-order valence-electron chi connectivity index (χ2n) is 5.93. The summed E-state index contributed by atoms with van der Waals surface area (Å²) >= 11 is 0. The van der Waals surface area contributed by atoms with Gasteiger partial charge in [0, 0.05) is 11.6 Å². The molecule has 0 radical (unpaired) electrons. The van der Waals surface area contributed by atoms with Gasteiger partial charge in [-0.3, -0.25) is 4.72 Å². The Labute approximate surface area is 165 Å². The van der Waals surface area contributed by atoms with E-state index in [1.807, 2.05) is 0 Å². The van der Waals surface area contributed by atoms with Gasteiger partial charge in [0.05, 0.1) is 24.8 Å². The van der Waals surface area contributed by atoms with E-state index in [1.165, 1.54) is 50.6 Å². The highest BCUT2D eigenvalue weighted by atomic mass is 32.2. The number of methoxy groups -OCH3 is 2. The summed E-state index contributed by atoms with van der Waals surface area (Å²) in [6, 6.07) is 11.4. The maximum Gasteiger partial charge on any atom is 0.261 e. The Hall–Kier alpha value is -3.20. The van der Waals surface area contributed by atoms with Crippen molar-refractivity contribution in [1.29, 1.82) is 0 Å². The summed E-state index contributed by atoms with van der Waals surface area (Å²) in [4.78, 5) is -0.0649. The largest absolute Gasteiger partial charge is 0.494 e. The molecule has 3 aromatic carbocycles. The zero-order valence-electron chi connectivity index (χ0n) is 15.4. The molecule has 152 valence electrons. The number of halogens is 3. The van der Waals surface area contributed by atoms with Crippen molar-refractivity contribution in [2.24, 2.45) is 0 Å². The van der Waals surface area contributed by atoms with Gasteiger partial charge in [0.1, 0.15) is 0 Å². The van der Waals surface area contributed by atoms with Crippen LogP contribution < -0.4 is 14.2 Å². The van der Waals surface area contributed by atoms with Gasteiger partial charge in [0.25, 0.3) is 10.0 Å². The summed E-state index contributed by atoms with van der Waals surface area (Å²) in [6.07, 6.45) is 0. The highest BCUT2D eigenvalue weighted by molar-refractivity contribution is 7.92. The summed E-state index contributed by atoms with van der Waals surface area (Å²) < 4.78 is 79.5. The van der Waals surface area contributed by atoms with Crippen molar-refractivity contribution in [2.45, 2.75) is 4.90 Å². The maximum absolute atomic E-state index is 14.2. The molecule has 1 N–H and O–H groups in total. The molecule has 0 aliphatic carbocycles. The van der Waals surface area contributed by atoms with Gasteiger partial charge in [0.15, 0.2) is 23.1 Å². The van der Waals surface area contributed by atoms with E-state index in [2.05, 4.69) is 4.72 Å². The Morgan fingerprint density at radius 3 is 1.93 bits per heavy atom. The highest BCUT2D eigenvalue weighted by Gasteiger charge is 2.21. The fraction of sp³-hybridized carbons (Fsp3) is 0.100. The van der Waals surface area contributed by atoms with Crippen LogP contribution in [0.1, 0.15) is 0 Å². The number of hydrogen-bond donors (Lipinski definition) is 1. The molecule has 0 amide bonds. The number of ether oxygens (including phenoxy) is 2. The zero-order chi connectivity index (χ0) is 21.2. The molecule has 0 saturated carbocycles. The van der Waals surface area contributed by atoms with Crippen molar-refractivity contribution in [3.63, 3.8) is 0 Å². The molecule has 0 aliphatic rings. The quantitative estimate of drug-likeness (QED) is 0.630. The van der Waals surface area contributed by atoms with Gasteiger partial charge in [-0.05, 0) is 35.9 Å². The van der Waals surface area contributed by atoms with E-state index >= 15 is 0 Å². The Kier molecular flexibility index (Phi) is 5.69. The molecule has 0 aliphatic heterocycles. The molecule has 0 spiro atoms. The normalized spacial score (nSPS) is 11.2.